The molecule has 1 atom stereocenters. The van der Waals surface area contributed by atoms with Crippen molar-refractivity contribution < 1.29 is 19.1 Å². The van der Waals surface area contributed by atoms with Gasteiger partial charge in [-0.15, -0.1) is 0 Å². The third kappa shape index (κ3) is 5.70. The lowest BCUT2D eigenvalue weighted by atomic mass is 9.90. The van der Waals surface area contributed by atoms with Crippen molar-refractivity contribution in [3.05, 3.63) is 46.2 Å². The lowest BCUT2D eigenvalue weighted by molar-refractivity contribution is -0.139. The third-order valence-corrected chi connectivity index (χ3v) is 6.25. The van der Waals surface area contributed by atoms with Crippen molar-refractivity contribution in [2.24, 2.45) is 0 Å². The molecule has 3 rings (SSSR count). The Labute approximate surface area is 202 Å². The number of rotatable bonds is 6. The van der Waals surface area contributed by atoms with Crippen molar-refractivity contribution in [2.75, 3.05) is 46.4 Å². The van der Waals surface area contributed by atoms with Gasteiger partial charge in [0.15, 0.2) is 0 Å². The molecule has 2 aliphatic rings. The first-order valence-electron chi connectivity index (χ1n) is 11.9. The van der Waals surface area contributed by atoms with Crippen LogP contribution in [0.5, 0.6) is 0 Å². The molecule has 0 aliphatic carbocycles. The van der Waals surface area contributed by atoms with Crippen LogP contribution in [-0.2, 0) is 9.53 Å². The van der Waals surface area contributed by atoms with Crippen LogP contribution in [0.3, 0.4) is 0 Å². The Morgan fingerprint density at radius 1 is 1.18 bits per heavy atom. The van der Waals surface area contributed by atoms with E-state index in [0.29, 0.717) is 44.0 Å². The highest BCUT2D eigenvalue weighted by atomic mass is 16.5. The second-order valence-electron chi connectivity index (χ2n) is 9.25. The van der Waals surface area contributed by atoms with Crippen LogP contribution in [0.1, 0.15) is 43.5 Å². The highest BCUT2D eigenvalue weighted by Gasteiger charge is 2.38. The summed E-state index contributed by atoms with van der Waals surface area (Å²) in [5.41, 5.74) is 4.08. The third-order valence-electron chi connectivity index (χ3n) is 6.25. The van der Waals surface area contributed by atoms with Crippen LogP contribution in [0.25, 0.3) is 0 Å². The molecule has 1 fully saturated rings. The second-order valence-corrected chi connectivity index (χ2v) is 9.25. The van der Waals surface area contributed by atoms with Gasteiger partial charge in [-0.3, -0.25) is 9.80 Å². The summed E-state index contributed by atoms with van der Waals surface area (Å²) in [5.74, 6) is -0.427. The van der Waals surface area contributed by atoms with Gasteiger partial charge >= 0.3 is 18.0 Å². The molecule has 0 bridgehead atoms. The summed E-state index contributed by atoms with van der Waals surface area (Å²) in [6.45, 7) is 12.8. The smallest absolute Gasteiger partial charge is 0.338 e. The Balaban J connectivity index is 1.90. The predicted molar refractivity (Wildman–Crippen MR) is 130 cm³/mol. The van der Waals surface area contributed by atoms with E-state index in [9.17, 15) is 14.4 Å². The number of likely N-dealkylation sites (N-methyl/N-ethyl adjacent to an activating group) is 1. The number of aryl methyl sites for hydroxylation is 2. The maximum absolute atomic E-state index is 13.2. The van der Waals surface area contributed by atoms with Gasteiger partial charge in [-0.1, -0.05) is 23.8 Å². The first-order valence-corrected chi connectivity index (χ1v) is 11.9. The van der Waals surface area contributed by atoms with E-state index in [2.05, 4.69) is 15.5 Å². The number of ether oxygens (including phenoxy) is 1. The Morgan fingerprint density at radius 3 is 2.44 bits per heavy atom. The fraction of sp³-hybridized carbons (Fsp3) is 0.560. The highest BCUT2D eigenvalue weighted by molar-refractivity contribution is 5.95. The largest absolute Gasteiger partial charge is 0.463 e. The summed E-state index contributed by atoms with van der Waals surface area (Å²) in [6.07, 6.45) is 0. The number of nitrogens with zero attached hydrogens (tertiary/aromatic N) is 3. The standard InChI is InChI=1S/C25H37N5O4/c1-7-34-23(31)21-20(15-29-10-12-30(13-11-29)25(33)26-16(2)3)28(6)24(32)27-22(21)19-9-8-17(4)14-18(19)5/h8-9,14,16,22H,7,10-13,15H2,1-6H3,(H,26,33)(H,27,32)/t22-/m1/s1. The van der Waals surface area contributed by atoms with Crippen LogP contribution in [0.4, 0.5) is 9.59 Å². The zero-order valence-electron chi connectivity index (χ0n) is 21.1. The number of nitrogens with one attached hydrogen (secondary N) is 2. The normalized spacial score (nSPS) is 19.4. The molecule has 34 heavy (non-hydrogen) atoms. The fourth-order valence-electron chi connectivity index (χ4n) is 4.44. The minimum atomic E-state index is -0.587. The number of urea groups is 2. The van der Waals surface area contributed by atoms with Crippen LogP contribution in [0.2, 0.25) is 0 Å². The molecule has 1 aromatic rings. The molecule has 1 saturated heterocycles. The van der Waals surface area contributed by atoms with Crippen LogP contribution in [0.15, 0.2) is 29.5 Å². The van der Waals surface area contributed by atoms with Gasteiger partial charge in [0, 0.05) is 51.5 Å². The van der Waals surface area contributed by atoms with Gasteiger partial charge in [0.2, 0.25) is 0 Å². The maximum Gasteiger partial charge on any atom is 0.338 e. The Bertz CT molecular complexity index is 966. The summed E-state index contributed by atoms with van der Waals surface area (Å²) in [5, 5.41) is 5.92. The van der Waals surface area contributed by atoms with E-state index < -0.39 is 12.0 Å². The van der Waals surface area contributed by atoms with Crippen LogP contribution < -0.4 is 10.6 Å². The van der Waals surface area contributed by atoms with Crippen molar-refractivity contribution in [1.82, 2.24) is 25.3 Å². The van der Waals surface area contributed by atoms with Gasteiger partial charge in [-0.25, -0.2) is 14.4 Å². The zero-order valence-corrected chi connectivity index (χ0v) is 21.1. The van der Waals surface area contributed by atoms with Gasteiger partial charge in [-0.2, -0.15) is 0 Å². The molecule has 9 nitrogen and oxygen atoms in total. The number of benzene rings is 1. The number of carbonyl (C=O) groups excluding carboxylic acids is 3. The lowest BCUT2D eigenvalue weighted by Crippen LogP contribution is -2.55. The van der Waals surface area contributed by atoms with Gasteiger partial charge in [0.05, 0.1) is 18.2 Å². The summed E-state index contributed by atoms with van der Waals surface area (Å²) in [6, 6.07) is 5.16. The number of hydrogen-bond acceptors (Lipinski definition) is 5. The predicted octanol–water partition coefficient (Wildman–Crippen LogP) is 2.55. The molecular weight excluding hydrogens is 434 g/mol. The van der Waals surface area contributed by atoms with Gasteiger partial charge in [-0.05, 0) is 45.7 Å². The Kier molecular flexibility index (Phi) is 8.19. The van der Waals surface area contributed by atoms with E-state index in [-0.39, 0.29) is 24.7 Å². The molecule has 2 aliphatic heterocycles. The number of piperazine rings is 1. The minimum Gasteiger partial charge on any atom is -0.463 e. The van der Waals surface area contributed by atoms with E-state index in [1.807, 2.05) is 45.9 Å². The van der Waals surface area contributed by atoms with Crippen LogP contribution in [-0.4, -0.2) is 85.2 Å². The maximum atomic E-state index is 13.2. The second kappa shape index (κ2) is 10.9. The average molecular weight is 472 g/mol. The van der Waals surface area contributed by atoms with Crippen LogP contribution in [0, 0.1) is 13.8 Å². The first-order chi connectivity index (χ1) is 16.1. The van der Waals surface area contributed by atoms with Crippen molar-refractivity contribution in [3.63, 3.8) is 0 Å². The summed E-state index contributed by atoms with van der Waals surface area (Å²) >= 11 is 0. The molecule has 1 aromatic carbocycles. The van der Waals surface area contributed by atoms with Gasteiger partial charge in [0.25, 0.3) is 0 Å². The number of carbonyl (C=O) groups is 3. The van der Waals surface area contributed by atoms with E-state index in [0.717, 1.165) is 16.7 Å². The molecule has 0 saturated carbocycles. The molecule has 0 radical (unpaired) electrons. The molecule has 0 unspecified atom stereocenters. The number of esters is 1. The van der Waals surface area contributed by atoms with E-state index in [4.69, 9.17) is 4.74 Å². The first kappa shape index (κ1) is 25.6. The van der Waals surface area contributed by atoms with Crippen molar-refractivity contribution in [3.8, 4) is 0 Å². The molecule has 4 amide bonds. The van der Waals surface area contributed by atoms with E-state index >= 15 is 0 Å². The summed E-state index contributed by atoms with van der Waals surface area (Å²) < 4.78 is 5.43. The van der Waals surface area contributed by atoms with E-state index in [1.54, 1.807) is 18.9 Å². The number of amides is 4. The van der Waals surface area contributed by atoms with Crippen molar-refractivity contribution in [2.45, 2.75) is 46.7 Å². The summed E-state index contributed by atoms with van der Waals surface area (Å²) in [4.78, 5) is 43.9. The SMILES string of the molecule is CCOC(=O)C1=C(CN2CCN(C(=O)NC(C)C)CC2)N(C)C(=O)N[C@@H]1c1ccc(C)cc1C. The topological polar surface area (TPSA) is 94.2 Å². The molecule has 2 N–H and O–H groups in total. The Hall–Kier alpha value is -3.07. The van der Waals surface area contributed by atoms with Crippen molar-refractivity contribution in [1.29, 1.82) is 0 Å². The van der Waals surface area contributed by atoms with E-state index in [1.165, 1.54) is 4.90 Å². The van der Waals surface area contributed by atoms with Gasteiger partial charge < -0.3 is 20.3 Å². The van der Waals surface area contributed by atoms with Crippen molar-refractivity contribution >= 4 is 18.0 Å². The molecular formula is C25H37N5O4. The highest BCUT2D eigenvalue weighted by Crippen LogP contribution is 2.33. The molecule has 0 spiro atoms. The Morgan fingerprint density at radius 2 is 1.85 bits per heavy atom. The quantitative estimate of drug-likeness (QED) is 0.622. The summed E-state index contributed by atoms with van der Waals surface area (Å²) in [7, 11) is 1.68. The van der Waals surface area contributed by atoms with Crippen LogP contribution >= 0.6 is 0 Å². The molecule has 2 heterocycles. The molecule has 186 valence electrons. The monoisotopic (exact) mass is 471 g/mol. The lowest BCUT2D eigenvalue weighted by Gasteiger charge is -2.39. The van der Waals surface area contributed by atoms with Gasteiger partial charge in [0.1, 0.15) is 0 Å². The number of hydrogen-bond donors (Lipinski definition) is 2. The zero-order chi connectivity index (χ0) is 25.0. The minimum absolute atomic E-state index is 0.0647. The molecule has 9 heteroatoms. The molecule has 0 aromatic heterocycles. The average Bonchev–Trinajstić information content (AvgIpc) is 2.77. The fourth-order valence-corrected chi connectivity index (χ4v) is 4.44.